The Labute approximate surface area is 204 Å². The Balaban J connectivity index is 1.34. The molecule has 2 aromatic rings. The molecule has 19 heteroatoms. The molecule has 0 aliphatic carbocycles. The second-order valence-electron chi connectivity index (χ2n) is 8.19. The zero-order valence-electron chi connectivity index (χ0n) is 18.6. The number of rotatable bonds is 8. The van der Waals surface area contributed by atoms with Crippen molar-refractivity contribution in [1.29, 1.82) is 0 Å². The summed E-state index contributed by atoms with van der Waals surface area (Å²) < 4.78 is 34.2. The van der Waals surface area contributed by atoms with E-state index < -0.39 is 92.6 Å². The molecule has 9 atom stereocenters. The topological polar surface area (TPSA) is 265 Å². The van der Waals surface area contributed by atoms with Crippen molar-refractivity contribution in [2.24, 2.45) is 0 Å². The molecular weight excluding hydrogens is 527 g/mol. The fraction of sp³-hybridized carbons (Fsp3) is 0.556. The van der Waals surface area contributed by atoms with Gasteiger partial charge in [-0.05, 0) is 0 Å². The lowest BCUT2D eigenvalue weighted by Crippen LogP contribution is -2.37. The van der Waals surface area contributed by atoms with Crippen LogP contribution < -0.4 is 22.5 Å². The molecule has 0 saturated carbocycles. The molecule has 2 aliphatic heterocycles. The number of H-pyrrole nitrogens is 2. The molecule has 7 N–H and O–H groups in total. The molecule has 2 saturated heterocycles. The average molecular weight is 550 g/mol. The molecular formula is C18H23N4O14P. The van der Waals surface area contributed by atoms with E-state index >= 15 is 0 Å². The highest BCUT2D eigenvalue weighted by atomic mass is 31.2. The minimum atomic E-state index is -4.88. The van der Waals surface area contributed by atoms with Crippen LogP contribution in [-0.2, 0) is 23.1 Å². The Morgan fingerprint density at radius 2 is 1.14 bits per heavy atom. The number of hydrogen-bond acceptors (Lipinski definition) is 13. The van der Waals surface area contributed by atoms with Crippen molar-refractivity contribution in [2.75, 3.05) is 13.2 Å². The first kappa shape index (κ1) is 27.3. The van der Waals surface area contributed by atoms with Crippen molar-refractivity contribution in [1.82, 2.24) is 19.1 Å². The van der Waals surface area contributed by atoms with Crippen LogP contribution in [0.1, 0.15) is 12.5 Å². The van der Waals surface area contributed by atoms with Crippen LogP contribution in [0, 0.1) is 0 Å². The third-order valence-electron chi connectivity index (χ3n) is 5.73. The van der Waals surface area contributed by atoms with Gasteiger partial charge in [-0.25, -0.2) is 14.2 Å². The Hall–Kier alpha value is -2.77. The van der Waals surface area contributed by atoms with Gasteiger partial charge in [-0.1, -0.05) is 0 Å². The van der Waals surface area contributed by atoms with Gasteiger partial charge in [0.25, 0.3) is 11.1 Å². The first-order chi connectivity index (χ1) is 17.4. The standard InChI is InChI=1S/C18H23N4O14P/c23-9-1-3-21(17(29)19-9)15-13(27)11(25)7(35-15)5-33-37(31,32)34-6-8-12(26)14(28)16(36-8)22-4-2-10(24)20-18(22)30/h1-4,7-8,11-16,25-28H,5-6H2,(H,31,32)(H,19,23,29)(H,20,24,30)/t7-,8?,11-,12-,13-,14-,15-,16-/m1/s1. The molecule has 37 heavy (non-hydrogen) atoms. The lowest BCUT2D eigenvalue weighted by molar-refractivity contribution is -0.0641. The van der Waals surface area contributed by atoms with E-state index in [1.54, 1.807) is 0 Å². The minimum absolute atomic E-state index is 0.700. The SMILES string of the molecule is O=c1ccn([C@@H]2O[C@H](COP(=O)(O)OCC3O[C@@H](n4ccc(=O)[nH]c4=O)[C@H](O)[C@@H]3O)[C@@H](O)[C@H]2O)c(=O)[nH]1. The number of aromatic nitrogens is 4. The Morgan fingerprint density at radius 3 is 1.49 bits per heavy atom. The predicted molar refractivity (Wildman–Crippen MR) is 116 cm³/mol. The Morgan fingerprint density at radius 1 is 0.757 bits per heavy atom. The number of nitrogens with one attached hydrogen (secondary N) is 2. The van der Waals surface area contributed by atoms with E-state index in [2.05, 4.69) is 0 Å². The van der Waals surface area contributed by atoms with Gasteiger partial charge in [0.05, 0.1) is 13.2 Å². The Bertz CT molecular complexity index is 1300. The van der Waals surface area contributed by atoms with Crippen LogP contribution in [0.2, 0.25) is 0 Å². The fourth-order valence-electron chi connectivity index (χ4n) is 3.82. The van der Waals surface area contributed by atoms with Gasteiger partial charge >= 0.3 is 19.2 Å². The van der Waals surface area contributed by atoms with Crippen LogP contribution in [0.15, 0.2) is 43.7 Å². The van der Waals surface area contributed by atoms with E-state index in [4.69, 9.17) is 18.5 Å². The lowest BCUT2D eigenvalue weighted by Gasteiger charge is -2.20. The molecule has 2 unspecified atom stereocenters. The molecule has 0 spiro atoms. The van der Waals surface area contributed by atoms with Crippen molar-refractivity contribution < 1.29 is 48.4 Å². The molecule has 18 nitrogen and oxygen atoms in total. The van der Waals surface area contributed by atoms with Crippen LogP contribution >= 0.6 is 7.82 Å². The largest absolute Gasteiger partial charge is 0.472 e. The van der Waals surface area contributed by atoms with Crippen LogP contribution in [0.4, 0.5) is 0 Å². The smallest absolute Gasteiger partial charge is 0.387 e. The highest BCUT2D eigenvalue weighted by Crippen LogP contribution is 2.45. The van der Waals surface area contributed by atoms with Gasteiger partial charge in [-0.2, -0.15) is 0 Å². The van der Waals surface area contributed by atoms with Crippen molar-refractivity contribution in [2.45, 2.75) is 49.1 Å². The summed E-state index contributed by atoms with van der Waals surface area (Å²) in [4.78, 5) is 60.2. The number of nitrogens with zero attached hydrogens (tertiary/aromatic N) is 2. The van der Waals surface area contributed by atoms with Crippen molar-refractivity contribution in [3.8, 4) is 0 Å². The summed E-state index contributed by atoms with van der Waals surface area (Å²) >= 11 is 0. The maximum atomic E-state index is 12.3. The quantitative estimate of drug-likeness (QED) is 0.153. The van der Waals surface area contributed by atoms with Crippen LogP contribution in [0.25, 0.3) is 0 Å². The lowest BCUT2D eigenvalue weighted by atomic mass is 10.1. The molecule has 0 aromatic carbocycles. The number of aromatic amines is 2. The molecule has 0 bridgehead atoms. The summed E-state index contributed by atoms with van der Waals surface area (Å²) in [6.07, 6.45) is -10.2. The summed E-state index contributed by atoms with van der Waals surface area (Å²) in [6, 6.07) is 1.97. The number of aliphatic hydroxyl groups excluding tert-OH is 4. The molecule has 4 rings (SSSR count). The Kier molecular flexibility index (Phi) is 7.77. The molecule has 0 radical (unpaired) electrons. The maximum absolute atomic E-state index is 12.3. The predicted octanol–water partition coefficient (Wildman–Crippen LogP) is -4.54. The van der Waals surface area contributed by atoms with E-state index in [9.17, 15) is 49.1 Å². The highest BCUT2D eigenvalue weighted by Gasteiger charge is 2.47. The van der Waals surface area contributed by atoms with Gasteiger partial charge < -0.3 is 34.8 Å². The van der Waals surface area contributed by atoms with Gasteiger partial charge in [0, 0.05) is 24.5 Å². The van der Waals surface area contributed by atoms with E-state index in [0.29, 0.717) is 0 Å². The third-order valence-corrected chi connectivity index (χ3v) is 6.68. The van der Waals surface area contributed by atoms with Gasteiger partial charge in [-0.15, -0.1) is 0 Å². The number of ether oxygens (including phenoxy) is 2. The van der Waals surface area contributed by atoms with Gasteiger partial charge in [0.15, 0.2) is 12.5 Å². The number of hydrogen-bond donors (Lipinski definition) is 7. The zero-order chi connectivity index (χ0) is 27.1. The van der Waals surface area contributed by atoms with Crippen LogP contribution in [0.5, 0.6) is 0 Å². The molecule has 2 fully saturated rings. The van der Waals surface area contributed by atoms with Crippen LogP contribution in [0.3, 0.4) is 0 Å². The molecule has 2 aliphatic rings. The van der Waals surface area contributed by atoms with Gasteiger partial charge in [-0.3, -0.25) is 37.7 Å². The number of aliphatic hydroxyl groups is 4. The summed E-state index contributed by atoms with van der Waals surface area (Å²) in [7, 11) is -4.88. The van der Waals surface area contributed by atoms with Gasteiger partial charge in [0.1, 0.15) is 36.6 Å². The maximum Gasteiger partial charge on any atom is 0.472 e. The van der Waals surface area contributed by atoms with Crippen LogP contribution in [-0.4, -0.2) is 94.3 Å². The fourth-order valence-corrected chi connectivity index (χ4v) is 4.57. The highest BCUT2D eigenvalue weighted by molar-refractivity contribution is 7.47. The third kappa shape index (κ3) is 5.73. The minimum Gasteiger partial charge on any atom is -0.387 e. The summed E-state index contributed by atoms with van der Waals surface area (Å²) in [5.74, 6) is 0. The molecule has 4 heterocycles. The van der Waals surface area contributed by atoms with E-state index in [1.807, 2.05) is 9.97 Å². The second-order valence-corrected chi connectivity index (χ2v) is 9.64. The number of phosphoric ester groups is 1. The molecule has 204 valence electrons. The summed E-state index contributed by atoms with van der Waals surface area (Å²) in [5, 5.41) is 40.8. The second kappa shape index (κ2) is 10.5. The first-order valence-electron chi connectivity index (χ1n) is 10.7. The average Bonchev–Trinajstić information content (AvgIpc) is 3.27. The molecule has 0 amide bonds. The summed E-state index contributed by atoms with van der Waals surface area (Å²) in [5.41, 5.74) is -3.26. The van der Waals surface area contributed by atoms with Gasteiger partial charge in [0.2, 0.25) is 0 Å². The first-order valence-corrected chi connectivity index (χ1v) is 12.2. The van der Waals surface area contributed by atoms with E-state index in [-0.39, 0.29) is 0 Å². The van der Waals surface area contributed by atoms with Crippen molar-refractivity contribution >= 4 is 7.82 Å². The van der Waals surface area contributed by atoms with E-state index in [0.717, 1.165) is 33.7 Å². The molecule has 2 aromatic heterocycles. The zero-order valence-corrected chi connectivity index (χ0v) is 19.5. The number of phosphoric acid groups is 1. The van der Waals surface area contributed by atoms with Crippen molar-refractivity contribution in [3.63, 3.8) is 0 Å². The van der Waals surface area contributed by atoms with E-state index in [1.165, 1.54) is 0 Å². The van der Waals surface area contributed by atoms with Crippen molar-refractivity contribution in [3.05, 3.63) is 66.2 Å². The normalized spacial score (nSPS) is 33.4. The monoisotopic (exact) mass is 550 g/mol. The summed E-state index contributed by atoms with van der Waals surface area (Å²) in [6.45, 7) is -1.57.